The molecule has 2 aromatic rings. The molecule has 1 aromatic heterocycles. The molecule has 0 atom stereocenters. The average molecular weight is 342 g/mol. The Labute approximate surface area is 147 Å². The summed E-state index contributed by atoms with van der Waals surface area (Å²) in [6.45, 7) is 1.62. The first-order valence-electron chi connectivity index (χ1n) is 8.11. The molecule has 0 saturated heterocycles. The van der Waals surface area contributed by atoms with Crippen molar-refractivity contribution in [3.63, 3.8) is 0 Å². The number of rotatable bonds is 6. The third kappa shape index (κ3) is 4.53. The molecule has 0 radical (unpaired) electrons. The van der Waals surface area contributed by atoms with Crippen LogP contribution in [0.2, 0.25) is 0 Å². The van der Waals surface area contributed by atoms with E-state index >= 15 is 0 Å². The van der Waals surface area contributed by atoms with E-state index in [2.05, 4.69) is 20.6 Å². The zero-order valence-electron chi connectivity index (χ0n) is 14.4. The summed E-state index contributed by atoms with van der Waals surface area (Å²) >= 11 is 0. The number of hydrogen-bond acceptors (Lipinski definition) is 5. The molecule has 0 aliphatic carbocycles. The number of aliphatic imine (C=N–C) groups is 1. The van der Waals surface area contributed by atoms with Gasteiger partial charge < -0.3 is 24.8 Å². The zero-order chi connectivity index (χ0) is 17.5. The van der Waals surface area contributed by atoms with Crippen LogP contribution in [0.3, 0.4) is 0 Å². The molecule has 0 fully saturated rings. The van der Waals surface area contributed by atoms with Gasteiger partial charge in [0.1, 0.15) is 0 Å². The van der Waals surface area contributed by atoms with E-state index in [9.17, 15) is 0 Å². The molecule has 1 aliphatic heterocycles. The van der Waals surface area contributed by atoms with Crippen molar-refractivity contribution in [1.29, 1.82) is 0 Å². The highest BCUT2D eigenvalue weighted by molar-refractivity contribution is 5.79. The molecule has 7 heteroatoms. The van der Waals surface area contributed by atoms with E-state index < -0.39 is 0 Å². The first-order valence-corrected chi connectivity index (χ1v) is 8.11. The zero-order valence-corrected chi connectivity index (χ0v) is 14.4. The summed E-state index contributed by atoms with van der Waals surface area (Å²) < 4.78 is 15.9. The lowest BCUT2D eigenvalue weighted by atomic mass is 10.1. The van der Waals surface area contributed by atoms with E-state index in [1.807, 2.05) is 36.4 Å². The molecule has 1 aliphatic rings. The molecule has 0 spiro atoms. The highest BCUT2D eigenvalue weighted by atomic mass is 16.7. The van der Waals surface area contributed by atoms with Crippen molar-refractivity contribution < 1.29 is 14.2 Å². The normalized spacial score (nSPS) is 12.8. The molecule has 0 saturated carbocycles. The fourth-order valence-electron chi connectivity index (χ4n) is 2.49. The van der Waals surface area contributed by atoms with Crippen LogP contribution in [0.25, 0.3) is 0 Å². The quantitative estimate of drug-likeness (QED) is 0.615. The lowest BCUT2D eigenvalue weighted by Crippen LogP contribution is -2.38. The molecule has 132 valence electrons. The Hall–Kier alpha value is -2.96. The standard InChI is InChI=1S/C18H22N4O3/c1-19-18(21-11-14-4-3-5-17(22-14)23-2)20-9-8-13-6-7-15-16(10-13)25-12-24-15/h3-7,10H,8-9,11-12H2,1-2H3,(H2,19,20,21). The van der Waals surface area contributed by atoms with Crippen LogP contribution in [0.5, 0.6) is 17.4 Å². The minimum Gasteiger partial charge on any atom is -0.481 e. The molecular formula is C18H22N4O3. The van der Waals surface area contributed by atoms with E-state index in [1.54, 1.807) is 14.2 Å². The van der Waals surface area contributed by atoms with Crippen molar-refractivity contribution in [2.45, 2.75) is 13.0 Å². The van der Waals surface area contributed by atoms with Crippen LogP contribution in [0.1, 0.15) is 11.3 Å². The van der Waals surface area contributed by atoms with E-state index in [-0.39, 0.29) is 0 Å². The number of ether oxygens (including phenoxy) is 3. The van der Waals surface area contributed by atoms with E-state index in [0.29, 0.717) is 19.2 Å². The van der Waals surface area contributed by atoms with Crippen molar-refractivity contribution >= 4 is 5.96 Å². The molecule has 0 unspecified atom stereocenters. The topological polar surface area (TPSA) is 77.0 Å². The van der Waals surface area contributed by atoms with Gasteiger partial charge in [0.05, 0.1) is 19.3 Å². The van der Waals surface area contributed by atoms with Gasteiger partial charge in [0.2, 0.25) is 12.7 Å². The number of benzene rings is 1. The van der Waals surface area contributed by atoms with Gasteiger partial charge in [-0.15, -0.1) is 0 Å². The molecular weight excluding hydrogens is 320 g/mol. The number of nitrogens with one attached hydrogen (secondary N) is 2. The van der Waals surface area contributed by atoms with Crippen LogP contribution < -0.4 is 24.8 Å². The maximum Gasteiger partial charge on any atom is 0.231 e. The number of methoxy groups -OCH3 is 1. The van der Waals surface area contributed by atoms with Crippen LogP contribution in [0.15, 0.2) is 41.4 Å². The Kier molecular flexibility index (Phi) is 5.56. The van der Waals surface area contributed by atoms with Gasteiger partial charge >= 0.3 is 0 Å². The molecule has 0 amide bonds. The Bertz CT molecular complexity index is 749. The summed E-state index contributed by atoms with van der Waals surface area (Å²) in [4.78, 5) is 8.59. The number of aromatic nitrogens is 1. The monoisotopic (exact) mass is 342 g/mol. The Morgan fingerprint density at radius 2 is 2.08 bits per heavy atom. The van der Waals surface area contributed by atoms with Gasteiger partial charge in [-0.25, -0.2) is 4.98 Å². The van der Waals surface area contributed by atoms with Crippen molar-refractivity contribution in [3.8, 4) is 17.4 Å². The van der Waals surface area contributed by atoms with Crippen LogP contribution in [0.4, 0.5) is 0 Å². The lowest BCUT2D eigenvalue weighted by molar-refractivity contribution is 0.174. The summed E-state index contributed by atoms with van der Waals surface area (Å²) in [5, 5.41) is 6.53. The minimum absolute atomic E-state index is 0.298. The van der Waals surface area contributed by atoms with E-state index in [1.165, 1.54) is 5.56 Å². The van der Waals surface area contributed by atoms with E-state index in [0.717, 1.165) is 36.1 Å². The molecule has 25 heavy (non-hydrogen) atoms. The third-order valence-electron chi connectivity index (χ3n) is 3.79. The van der Waals surface area contributed by atoms with Gasteiger partial charge in [-0.05, 0) is 30.2 Å². The van der Waals surface area contributed by atoms with Gasteiger partial charge in [0.25, 0.3) is 0 Å². The number of guanidine groups is 1. The highest BCUT2D eigenvalue weighted by Gasteiger charge is 2.12. The predicted molar refractivity (Wildman–Crippen MR) is 95.3 cm³/mol. The minimum atomic E-state index is 0.298. The summed E-state index contributed by atoms with van der Waals surface area (Å²) in [6.07, 6.45) is 0.856. The SMILES string of the molecule is CN=C(NCCc1ccc2c(c1)OCO2)NCc1cccc(OC)n1. The Balaban J connectivity index is 1.46. The fraction of sp³-hybridized carbons (Fsp3) is 0.333. The van der Waals surface area contributed by atoms with Crippen molar-refractivity contribution in [2.75, 3.05) is 27.5 Å². The smallest absolute Gasteiger partial charge is 0.231 e. The second-order valence-electron chi connectivity index (χ2n) is 5.46. The third-order valence-corrected chi connectivity index (χ3v) is 3.79. The summed E-state index contributed by atoms with van der Waals surface area (Å²) in [7, 11) is 3.35. The van der Waals surface area contributed by atoms with Crippen molar-refractivity contribution in [2.24, 2.45) is 4.99 Å². The number of hydrogen-bond donors (Lipinski definition) is 2. The molecule has 2 N–H and O–H groups in total. The number of pyridine rings is 1. The second kappa shape index (κ2) is 8.23. The van der Waals surface area contributed by atoms with Gasteiger partial charge in [-0.3, -0.25) is 4.99 Å². The van der Waals surface area contributed by atoms with Gasteiger partial charge in [-0.2, -0.15) is 0 Å². The Morgan fingerprint density at radius 1 is 1.20 bits per heavy atom. The van der Waals surface area contributed by atoms with Crippen LogP contribution >= 0.6 is 0 Å². The number of nitrogens with zero attached hydrogens (tertiary/aromatic N) is 2. The van der Waals surface area contributed by atoms with Crippen molar-refractivity contribution in [1.82, 2.24) is 15.6 Å². The first-order chi connectivity index (χ1) is 12.3. The summed E-state index contributed by atoms with van der Waals surface area (Å²) in [6, 6.07) is 11.7. The molecule has 0 bridgehead atoms. The molecule has 7 nitrogen and oxygen atoms in total. The van der Waals surface area contributed by atoms with Gasteiger partial charge in [-0.1, -0.05) is 12.1 Å². The van der Waals surface area contributed by atoms with Gasteiger partial charge in [0.15, 0.2) is 17.5 Å². The average Bonchev–Trinajstić information content (AvgIpc) is 3.12. The highest BCUT2D eigenvalue weighted by Crippen LogP contribution is 2.32. The summed E-state index contributed by atoms with van der Waals surface area (Å²) in [5.74, 6) is 2.94. The largest absolute Gasteiger partial charge is 0.481 e. The van der Waals surface area contributed by atoms with Gasteiger partial charge in [0, 0.05) is 19.7 Å². The fourth-order valence-corrected chi connectivity index (χ4v) is 2.49. The van der Waals surface area contributed by atoms with Crippen LogP contribution in [-0.2, 0) is 13.0 Å². The summed E-state index contributed by atoms with van der Waals surface area (Å²) in [5.41, 5.74) is 2.07. The van der Waals surface area contributed by atoms with Crippen molar-refractivity contribution in [3.05, 3.63) is 47.7 Å². The second-order valence-corrected chi connectivity index (χ2v) is 5.46. The van der Waals surface area contributed by atoms with Crippen LogP contribution in [-0.4, -0.2) is 38.4 Å². The van der Waals surface area contributed by atoms with E-state index in [4.69, 9.17) is 14.2 Å². The van der Waals surface area contributed by atoms with Crippen LogP contribution in [0, 0.1) is 0 Å². The predicted octanol–water partition coefficient (Wildman–Crippen LogP) is 1.73. The maximum absolute atomic E-state index is 5.40. The first kappa shape index (κ1) is 16.9. The molecule has 1 aromatic carbocycles. The number of fused-ring (bicyclic) bond motifs is 1. The maximum atomic E-state index is 5.40. The lowest BCUT2D eigenvalue weighted by Gasteiger charge is -2.12. The Morgan fingerprint density at radius 3 is 2.92 bits per heavy atom. The molecule has 2 heterocycles. The molecule has 3 rings (SSSR count).